The molecule has 0 N–H and O–H groups in total. The Morgan fingerprint density at radius 2 is 1.64 bits per heavy atom. The molecular formula is C25H26N4O3S. The topological polar surface area (TPSA) is 83.5 Å². The lowest BCUT2D eigenvalue weighted by Gasteiger charge is -2.33. The van der Waals surface area contributed by atoms with Crippen LogP contribution in [0.5, 0.6) is 0 Å². The van der Waals surface area contributed by atoms with E-state index in [-0.39, 0.29) is 19.0 Å². The summed E-state index contributed by atoms with van der Waals surface area (Å²) in [5, 5.41) is 0. The largest absolute Gasteiger partial charge is 0.337 e. The molecule has 1 aromatic heterocycles. The van der Waals surface area contributed by atoms with Crippen molar-refractivity contribution >= 4 is 33.0 Å². The Labute approximate surface area is 193 Å². The van der Waals surface area contributed by atoms with Crippen LogP contribution < -0.4 is 0 Å². The van der Waals surface area contributed by atoms with Crippen molar-refractivity contribution < 1.29 is 13.2 Å². The second-order valence-corrected chi connectivity index (χ2v) is 10.4. The molecule has 0 radical (unpaired) electrons. The van der Waals surface area contributed by atoms with Gasteiger partial charge in [0.1, 0.15) is 0 Å². The normalized spacial score (nSPS) is 17.4. The summed E-state index contributed by atoms with van der Waals surface area (Å²) >= 11 is 0. The Kier molecular flexibility index (Phi) is 5.95. The van der Waals surface area contributed by atoms with Crippen molar-refractivity contribution in [2.75, 3.05) is 26.2 Å². The lowest BCUT2D eigenvalue weighted by Crippen LogP contribution is -2.50. The van der Waals surface area contributed by atoms with Gasteiger partial charge in [-0.3, -0.25) is 9.78 Å². The molecule has 0 unspecified atom stereocenters. The summed E-state index contributed by atoms with van der Waals surface area (Å²) < 4.78 is 27.8. The zero-order valence-corrected chi connectivity index (χ0v) is 19.2. The Morgan fingerprint density at radius 3 is 2.42 bits per heavy atom. The van der Waals surface area contributed by atoms with Crippen molar-refractivity contribution in [2.24, 2.45) is 0 Å². The summed E-state index contributed by atoms with van der Waals surface area (Å²) in [5.41, 5.74) is 4.59. The first-order valence-corrected chi connectivity index (χ1v) is 12.8. The minimum absolute atomic E-state index is 0.157. The van der Waals surface area contributed by atoms with Crippen molar-refractivity contribution in [3.05, 3.63) is 71.6 Å². The lowest BCUT2D eigenvalue weighted by atomic mass is 9.92. The van der Waals surface area contributed by atoms with Gasteiger partial charge >= 0.3 is 0 Å². The standard InChI is InChI=1S/C25H26N4O3S/c30-25(12-10-21-18-26-23-7-3-4-8-24(23)27-21)28-13-15-29(16-14-28)33(31,32)22-11-9-19-5-1-2-6-20(19)17-22/h3-4,7-12,17-18H,1-2,5-6,13-16H2/b12-10+. The molecule has 3 aromatic rings. The zero-order valence-electron chi connectivity index (χ0n) is 18.4. The van der Waals surface area contributed by atoms with E-state index >= 15 is 0 Å². The van der Waals surface area contributed by atoms with Gasteiger partial charge in [0.2, 0.25) is 15.9 Å². The molecule has 2 aromatic carbocycles. The molecule has 5 rings (SSSR count). The number of aromatic nitrogens is 2. The Bertz CT molecular complexity index is 1330. The van der Waals surface area contributed by atoms with E-state index in [2.05, 4.69) is 9.97 Å². The van der Waals surface area contributed by atoms with Crippen molar-refractivity contribution in [1.29, 1.82) is 0 Å². The molecule has 1 aliphatic heterocycles. The maximum atomic E-state index is 13.2. The summed E-state index contributed by atoms with van der Waals surface area (Å²) in [6, 6.07) is 13.1. The molecule has 0 saturated carbocycles. The number of benzene rings is 2. The van der Waals surface area contributed by atoms with Crippen molar-refractivity contribution in [1.82, 2.24) is 19.2 Å². The SMILES string of the molecule is O=C(/C=C/c1cnc2ccccc2n1)N1CCN(S(=O)(=O)c2ccc3c(c2)CCCC3)CC1. The molecule has 0 bridgehead atoms. The molecule has 1 saturated heterocycles. The van der Waals surface area contributed by atoms with E-state index in [9.17, 15) is 13.2 Å². The summed E-state index contributed by atoms with van der Waals surface area (Å²) in [6.07, 6.45) is 9.00. The molecular weight excluding hydrogens is 436 g/mol. The van der Waals surface area contributed by atoms with Gasteiger partial charge in [-0.25, -0.2) is 13.4 Å². The number of sulfonamides is 1. The maximum Gasteiger partial charge on any atom is 0.246 e. The van der Waals surface area contributed by atoms with Gasteiger partial charge in [-0.1, -0.05) is 18.2 Å². The van der Waals surface area contributed by atoms with Gasteiger partial charge in [-0.2, -0.15) is 4.31 Å². The maximum absolute atomic E-state index is 13.2. The second kappa shape index (κ2) is 9.03. The van der Waals surface area contributed by atoms with Gasteiger partial charge in [-0.15, -0.1) is 0 Å². The minimum Gasteiger partial charge on any atom is -0.337 e. The first-order chi connectivity index (χ1) is 16.0. The fraction of sp³-hybridized carbons (Fsp3) is 0.320. The fourth-order valence-corrected chi connectivity index (χ4v) is 5.96. The first kappa shape index (κ1) is 21.7. The number of fused-ring (bicyclic) bond motifs is 2. The smallest absolute Gasteiger partial charge is 0.246 e. The van der Waals surface area contributed by atoms with Crippen molar-refractivity contribution in [2.45, 2.75) is 30.6 Å². The fourth-order valence-electron chi connectivity index (χ4n) is 4.48. The molecule has 0 atom stereocenters. The van der Waals surface area contributed by atoms with Crippen LogP contribution in [0.3, 0.4) is 0 Å². The van der Waals surface area contributed by atoms with Gasteiger partial charge in [0.25, 0.3) is 0 Å². The van der Waals surface area contributed by atoms with Gasteiger partial charge in [0.05, 0.1) is 27.8 Å². The Balaban J connectivity index is 1.22. The van der Waals surface area contributed by atoms with E-state index < -0.39 is 10.0 Å². The second-order valence-electron chi connectivity index (χ2n) is 8.48. The Morgan fingerprint density at radius 1 is 0.909 bits per heavy atom. The predicted molar refractivity (Wildman–Crippen MR) is 127 cm³/mol. The number of para-hydroxylation sites is 2. The van der Waals surface area contributed by atoms with Gasteiger partial charge in [-0.05, 0) is 67.2 Å². The summed E-state index contributed by atoms with van der Waals surface area (Å²) in [6.45, 7) is 1.29. The third-order valence-electron chi connectivity index (χ3n) is 6.37. The average Bonchev–Trinajstić information content (AvgIpc) is 2.87. The van der Waals surface area contributed by atoms with Gasteiger partial charge in [0, 0.05) is 32.3 Å². The molecule has 0 spiro atoms. The van der Waals surface area contributed by atoms with Crippen LogP contribution in [-0.4, -0.2) is 59.7 Å². The molecule has 33 heavy (non-hydrogen) atoms. The third-order valence-corrected chi connectivity index (χ3v) is 8.27. The van der Waals surface area contributed by atoms with Crippen LogP contribution in [0, 0.1) is 0 Å². The number of amides is 1. The number of piperazine rings is 1. The third kappa shape index (κ3) is 4.54. The highest BCUT2D eigenvalue weighted by Gasteiger charge is 2.30. The van der Waals surface area contributed by atoms with Crippen LogP contribution in [0.15, 0.2) is 59.6 Å². The molecule has 170 valence electrons. The number of hydrogen-bond donors (Lipinski definition) is 0. The molecule has 2 heterocycles. The van der Waals surface area contributed by atoms with Crippen molar-refractivity contribution in [3.8, 4) is 0 Å². The molecule has 1 fully saturated rings. The summed E-state index contributed by atoms with van der Waals surface area (Å²) in [7, 11) is -3.56. The molecule has 1 aliphatic carbocycles. The summed E-state index contributed by atoms with van der Waals surface area (Å²) in [5.74, 6) is -0.157. The van der Waals surface area contributed by atoms with E-state index in [1.165, 1.54) is 15.9 Å². The van der Waals surface area contributed by atoms with E-state index in [0.717, 1.165) is 42.3 Å². The van der Waals surface area contributed by atoms with Gasteiger partial charge in [0.15, 0.2) is 0 Å². The van der Waals surface area contributed by atoms with Crippen LogP contribution in [-0.2, 0) is 27.7 Å². The number of aryl methyl sites for hydroxylation is 2. The van der Waals surface area contributed by atoms with Crippen LogP contribution in [0.2, 0.25) is 0 Å². The molecule has 2 aliphatic rings. The average molecular weight is 463 g/mol. The number of hydrogen-bond acceptors (Lipinski definition) is 5. The van der Waals surface area contributed by atoms with Crippen LogP contribution in [0.4, 0.5) is 0 Å². The van der Waals surface area contributed by atoms with Crippen LogP contribution >= 0.6 is 0 Å². The Hall–Kier alpha value is -3.10. The minimum atomic E-state index is -3.56. The van der Waals surface area contributed by atoms with Crippen molar-refractivity contribution in [3.63, 3.8) is 0 Å². The molecule has 7 nitrogen and oxygen atoms in total. The molecule has 1 amide bonds. The number of nitrogens with zero attached hydrogens (tertiary/aromatic N) is 4. The van der Waals surface area contributed by atoms with Crippen LogP contribution in [0.1, 0.15) is 29.7 Å². The van der Waals surface area contributed by atoms with E-state index in [4.69, 9.17) is 0 Å². The van der Waals surface area contributed by atoms with E-state index in [1.807, 2.05) is 36.4 Å². The number of carbonyl (C=O) groups excluding carboxylic acids is 1. The van der Waals surface area contributed by atoms with E-state index in [1.54, 1.807) is 23.2 Å². The van der Waals surface area contributed by atoms with E-state index in [0.29, 0.717) is 23.7 Å². The van der Waals surface area contributed by atoms with Gasteiger partial charge < -0.3 is 4.90 Å². The highest BCUT2D eigenvalue weighted by atomic mass is 32.2. The summed E-state index contributed by atoms with van der Waals surface area (Å²) in [4.78, 5) is 23.5. The quantitative estimate of drug-likeness (QED) is 0.557. The molecule has 8 heteroatoms. The van der Waals surface area contributed by atoms with Crippen LogP contribution in [0.25, 0.3) is 17.1 Å². The monoisotopic (exact) mass is 462 g/mol. The first-order valence-electron chi connectivity index (χ1n) is 11.3. The highest BCUT2D eigenvalue weighted by Crippen LogP contribution is 2.26. The number of carbonyl (C=O) groups is 1. The predicted octanol–water partition coefficient (Wildman–Crippen LogP) is 3.05. The number of rotatable bonds is 4. The lowest BCUT2D eigenvalue weighted by molar-refractivity contribution is -0.127. The highest BCUT2D eigenvalue weighted by molar-refractivity contribution is 7.89. The zero-order chi connectivity index (χ0) is 22.8.